The third-order valence-electron chi connectivity index (χ3n) is 3.69. The van der Waals surface area contributed by atoms with Gasteiger partial charge < -0.3 is 5.32 Å². The molecule has 1 aromatic heterocycles. The Kier molecular flexibility index (Phi) is 4.39. The summed E-state index contributed by atoms with van der Waals surface area (Å²) in [4.78, 5) is 1.30. The summed E-state index contributed by atoms with van der Waals surface area (Å²) in [6.45, 7) is 0.926. The molecule has 1 saturated carbocycles. The maximum atomic E-state index is 13.0. The maximum Gasteiger partial charge on any atom is 0.123 e. The van der Waals surface area contributed by atoms with Crippen molar-refractivity contribution in [2.75, 3.05) is 6.54 Å². The summed E-state index contributed by atoms with van der Waals surface area (Å²) in [5.74, 6) is 0.531. The summed E-state index contributed by atoms with van der Waals surface area (Å²) in [5.41, 5.74) is 1.19. The van der Waals surface area contributed by atoms with Crippen LogP contribution in [0.2, 0.25) is 4.34 Å². The quantitative estimate of drug-likeness (QED) is 0.806. The average molecular weight is 310 g/mol. The Morgan fingerprint density at radius 3 is 2.55 bits per heavy atom. The molecule has 0 spiro atoms. The minimum Gasteiger partial charge on any atom is -0.309 e. The first-order valence-electron chi connectivity index (χ1n) is 6.95. The van der Waals surface area contributed by atoms with Crippen molar-refractivity contribution in [2.24, 2.45) is 5.92 Å². The summed E-state index contributed by atoms with van der Waals surface area (Å²) in [6.07, 6.45) is 3.52. The van der Waals surface area contributed by atoms with Crippen molar-refractivity contribution >= 4 is 22.9 Å². The Labute approximate surface area is 127 Å². The summed E-state index contributed by atoms with van der Waals surface area (Å²) in [5, 5.41) is 3.62. The fourth-order valence-corrected chi connectivity index (χ4v) is 3.58. The third-order valence-corrected chi connectivity index (χ3v) is 4.98. The molecule has 1 unspecified atom stereocenters. The smallest absolute Gasteiger partial charge is 0.123 e. The van der Waals surface area contributed by atoms with Gasteiger partial charge in [-0.05, 0) is 55.0 Å². The minimum atomic E-state index is -0.170. The highest BCUT2D eigenvalue weighted by atomic mass is 35.5. The van der Waals surface area contributed by atoms with Crippen LogP contribution in [0, 0.1) is 11.7 Å². The molecule has 1 atom stereocenters. The van der Waals surface area contributed by atoms with Gasteiger partial charge in [-0.2, -0.15) is 0 Å². The van der Waals surface area contributed by atoms with E-state index >= 15 is 0 Å². The largest absolute Gasteiger partial charge is 0.309 e. The lowest BCUT2D eigenvalue weighted by molar-refractivity contribution is 0.484. The van der Waals surface area contributed by atoms with Gasteiger partial charge in [0.1, 0.15) is 5.82 Å². The van der Waals surface area contributed by atoms with Gasteiger partial charge >= 0.3 is 0 Å². The van der Waals surface area contributed by atoms with Gasteiger partial charge in [-0.15, -0.1) is 11.3 Å². The molecule has 2 aromatic rings. The Morgan fingerprint density at radius 1 is 1.20 bits per heavy atom. The van der Waals surface area contributed by atoms with Gasteiger partial charge in [0.25, 0.3) is 0 Å². The molecule has 1 nitrogen and oxygen atoms in total. The second-order valence-corrected chi connectivity index (χ2v) is 7.08. The number of benzene rings is 1. The molecule has 0 aliphatic heterocycles. The van der Waals surface area contributed by atoms with Gasteiger partial charge in [0.15, 0.2) is 0 Å². The Balaban J connectivity index is 1.59. The highest BCUT2D eigenvalue weighted by molar-refractivity contribution is 7.16. The molecule has 106 valence electrons. The van der Waals surface area contributed by atoms with Crippen LogP contribution in [0.3, 0.4) is 0 Å². The van der Waals surface area contributed by atoms with E-state index in [1.54, 1.807) is 23.5 Å². The van der Waals surface area contributed by atoms with Gasteiger partial charge in [-0.1, -0.05) is 23.7 Å². The number of halogens is 2. The van der Waals surface area contributed by atoms with Crippen molar-refractivity contribution in [3.63, 3.8) is 0 Å². The number of nitrogens with one attached hydrogen (secondary N) is 1. The van der Waals surface area contributed by atoms with Crippen molar-refractivity contribution in [1.29, 1.82) is 0 Å². The Hall–Kier alpha value is -0.900. The zero-order chi connectivity index (χ0) is 13.9. The summed E-state index contributed by atoms with van der Waals surface area (Å²) >= 11 is 7.57. The summed E-state index contributed by atoms with van der Waals surface area (Å²) < 4.78 is 13.9. The predicted molar refractivity (Wildman–Crippen MR) is 82.9 cm³/mol. The van der Waals surface area contributed by atoms with Crippen LogP contribution in [0.5, 0.6) is 0 Å². The van der Waals surface area contributed by atoms with Gasteiger partial charge in [0.05, 0.1) is 4.34 Å². The zero-order valence-corrected chi connectivity index (χ0v) is 12.7. The maximum absolute atomic E-state index is 13.0. The molecular weight excluding hydrogens is 293 g/mol. The van der Waals surface area contributed by atoms with E-state index < -0.39 is 0 Å². The van der Waals surface area contributed by atoms with Crippen LogP contribution in [0.4, 0.5) is 4.39 Å². The van der Waals surface area contributed by atoms with Crippen molar-refractivity contribution in [2.45, 2.75) is 25.3 Å². The molecule has 1 heterocycles. The second-order valence-electron chi connectivity index (χ2n) is 5.28. The molecular formula is C16H17ClFNS. The lowest BCUT2D eigenvalue weighted by Crippen LogP contribution is -2.25. The lowest BCUT2D eigenvalue weighted by Gasteiger charge is -2.18. The van der Waals surface area contributed by atoms with Crippen molar-refractivity contribution in [1.82, 2.24) is 5.32 Å². The van der Waals surface area contributed by atoms with E-state index in [4.69, 9.17) is 11.6 Å². The molecule has 4 heteroatoms. The first kappa shape index (κ1) is 14.1. The van der Waals surface area contributed by atoms with Gasteiger partial charge in [0.2, 0.25) is 0 Å². The van der Waals surface area contributed by atoms with Crippen LogP contribution in [0.25, 0.3) is 0 Å². The highest BCUT2D eigenvalue weighted by Crippen LogP contribution is 2.41. The minimum absolute atomic E-state index is 0.170. The topological polar surface area (TPSA) is 12.0 Å². The number of hydrogen-bond acceptors (Lipinski definition) is 2. The molecule has 1 aliphatic rings. The molecule has 1 N–H and O–H groups in total. The molecule has 1 fully saturated rings. The van der Waals surface area contributed by atoms with E-state index in [9.17, 15) is 4.39 Å². The van der Waals surface area contributed by atoms with Crippen molar-refractivity contribution < 1.29 is 4.39 Å². The van der Waals surface area contributed by atoms with Gasteiger partial charge in [-0.25, -0.2) is 4.39 Å². The summed E-state index contributed by atoms with van der Waals surface area (Å²) in [6, 6.07) is 11.3. The molecule has 3 rings (SSSR count). The monoisotopic (exact) mass is 309 g/mol. The van der Waals surface area contributed by atoms with E-state index in [-0.39, 0.29) is 5.82 Å². The van der Waals surface area contributed by atoms with Crippen LogP contribution < -0.4 is 5.32 Å². The molecule has 0 radical (unpaired) electrons. The first-order chi connectivity index (χ1) is 9.72. The number of rotatable bonds is 6. The van der Waals surface area contributed by atoms with Gasteiger partial charge in [0, 0.05) is 17.5 Å². The molecule has 0 saturated heterocycles. The van der Waals surface area contributed by atoms with E-state index in [0.29, 0.717) is 12.0 Å². The van der Waals surface area contributed by atoms with Gasteiger partial charge in [-0.3, -0.25) is 0 Å². The zero-order valence-electron chi connectivity index (χ0n) is 11.1. The normalized spacial score (nSPS) is 16.3. The SMILES string of the molecule is Fc1ccc(C(NCCc2ccc(Cl)s2)C2CC2)cc1. The van der Waals surface area contributed by atoms with Crippen molar-refractivity contribution in [3.8, 4) is 0 Å². The van der Waals surface area contributed by atoms with E-state index in [1.165, 1.54) is 23.3 Å². The van der Waals surface area contributed by atoms with Crippen LogP contribution in [0.1, 0.15) is 29.3 Å². The highest BCUT2D eigenvalue weighted by Gasteiger charge is 2.31. The molecule has 0 bridgehead atoms. The fourth-order valence-electron chi connectivity index (χ4n) is 2.49. The van der Waals surface area contributed by atoms with E-state index in [2.05, 4.69) is 11.4 Å². The number of thiophene rings is 1. The Morgan fingerprint density at radius 2 is 1.95 bits per heavy atom. The van der Waals surface area contributed by atoms with E-state index in [0.717, 1.165) is 17.3 Å². The first-order valence-corrected chi connectivity index (χ1v) is 8.15. The van der Waals surface area contributed by atoms with Crippen LogP contribution >= 0.6 is 22.9 Å². The molecule has 0 amide bonds. The van der Waals surface area contributed by atoms with Crippen LogP contribution in [0.15, 0.2) is 36.4 Å². The van der Waals surface area contributed by atoms with E-state index in [1.807, 2.05) is 18.2 Å². The second kappa shape index (κ2) is 6.25. The van der Waals surface area contributed by atoms with Crippen molar-refractivity contribution in [3.05, 3.63) is 57.0 Å². The fraction of sp³-hybridized carbons (Fsp3) is 0.375. The Bertz CT molecular complexity index is 562. The molecule has 20 heavy (non-hydrogen) atoms. The lowest BCUT2D eigenvalue weighted by atomic mass is 10.0. The number of hydrogen-bond donors (Lipinski definition) is 1. The summed E-state index contributed by atoms with van der Waals surface area (Å²) in [7, 11) is 0. The average Bonchev–Trinajstić information content (AvgIpc) is 3.19. The molecule has 1 aliphatic carbocycles. The molecule has 1 aromatic carbocycles. The predicted octanol–water partition coefficient (Wildman–Crippen LogP) is 4.82. The van der Waals surface area contributed by atoms with Crippen LogP contribution in [-0.4, -0.2) is 6.54 Å². The standard InChI is InChI=1S/C16H17ClFNS/c17-15-8-7-14(20-15)9-10-19-16(11-1-2-11)12-3-5-13(18)6-4-12/h3-8,11,16,19H,1-2,9-10H2. The van der Waals surface area contributed by atoms with Crippen LogP contribution in [-0.2, 0) is 6.42 Å². The third kappa shape index (κ3) is 3.60.